The largest absolute Gasteiger partial charge is 0.416 e. The Kier molecular flexibility index (Phi) is 4.97. The van der Waals surface area contributed by atoms with Crippen LogP contribution in [0.3, 0.4) is 0 Å². The van der Waals surface area contributed by atoms with Crippen LogP contribution in [0.5, 0.6) is 0 Å². The van der Waals surface area contributed by atoms with Crippen molar-refractivity contribution < 1.29 is 13.2 Å². The standard InChI is InChI=1S/C17H24F3N/c1-13(2)11-16(8-3-4-9-21-16)12-14-6-5-7-15(10-14)17(18,19)20/h5-7,10,13,21H,3-4,8-9,11-12H2,1-2H3. The molecule has 1 fully saturated rings. The fourth-order valence-electron chi connectivity index (χ4n) is 3.46. The summed E-state index contributed by atoms with van der Waals surface area (Å²) in [5.74, 6) is 0.529. The molecule has 0 radical (unpaired) electrons. The fourth-order valence-corrected chi connectivity index (χ4v) is 3.46. The van der Waals surface area contributed by atoms with Crippen molar-refractivity contribution >= 4 is 0 Å². The van der Waals surface area contributed by atoms with Crippen LogP contribution in [0, 0.1) is 5.92 Å². The third kappa shape index (κ3) is 4.47. The van der Waals surface area contributed by atoms with Gasteiger partial charge in [0.25, 0.3) is 0 Å². The van der Waals surface area contributed by atoms with Crippen molar-refractivity contribution in [3.05, 3.63) is 35.4 Å². The molecule has 0 bridgehead atoms. The highest BCUT2D eigenvalue weighted by atomic mass is 19.4. The van der Waals surface area contributed by atoms with Crippen LogP contribution < -0.4 is 5.32 Å². The maximum Gasteiger partial charge on any atom is 0.416 e. The molecule has 4 heteroatoms. The van der Waals surface area contributed by atoms with E-state index in [0.717, 1.165) is 43.9 Å². The third-order valence-electron chi connectivity index (χ3n) is 4.18. The van der Waals surface area contributed by atoms with Crippen LogP contribution in [-0.4, -0.2) is 12.1 Å². The first-order valence-electron chi connectivity index (χ1n) is 7.72. The number of hydrogen-bond acceptors (Lipinski definition) is 1. The minimum absolute atomic E-state index is 0.0450. The maximum absolute atomic E-state index is 12.8. The smallest absolute Gasteiger partial charge is 0.311 e. The van der Waals surface area contributed by atoms with Crippen molar-refractivity contribution in [2.24, 2.45) is 5.92 Å². The second-order valence-electron chi connectivity index (χ2n) is 6.64. The highest BCUT2D eigenvalue weighted by molar-refractivity contribution is 5.27. The Morgan fingerprint density at radius 2 is 2.00 bits per heavy atom. The summed E-state index contributed by atoms with van der Waals surface area (Å²) >= 11 is 0. The van der Waals surface area contributed by atoms with Gasteiger partial charge in [-0.05, 0) is 49.8 Å². The summed E-state index contributed by atoms with van der Waals surface area (Å²) in [5.41, 5.74) is 0.187. The van der Waals surface area contributed by atoms with Gasteiger partial charge in [0.2, 0.25) is 0 Å². The zero-order chi connectivity index (χ0) is 15.5. The second-order valence-corrected chi connectivity index (χ2v) is 6.64. The van der Waals surface area contributed by atoms with Gasteiger partial charge in [-0.15, -0.1) is 0 Å². The van der Waals surface area contributed by atoms with Crippen molar-refractivity contribution in [2.75, 3.05) is 6.54 Å². The van der Waals surface area contributed by atoms with Crippen LogP contribution in [0.25, 0.3) is 0 Å². The van der Waals surface area contributed by atoms with E-state index >= 15 is 0 Å². The zero-order valence-corrected chi connectivity index (χ0v) is 12.8. The van der Waals surface area contributed by atoms with E-state index in [1.807, 2.05) is 6.07 Å². The summed E-state index contributed by atoms with van der Waals surface area (Å²) in [7, 11) is 0. The predicted octanol–water partition coefficient (Wildman–Crippen LogP) is 4.81. The Bertz CT molecular complexity index is 459. The van der Waals surface area contributed by atoms with Crippen LogP contribution in [0.2, 0.25) is 0 Å². The summed E-state index contributed by atoms with van der Waals surface area (Å²) in [6, 6.07) is 5.78. The lowest BCUT2D eigenvalue weighted by molar-refractivity contribution is -0.137. The molecule has 1 aliphatic rings. The molecule has 1 unspecified atom stereocenters. The molecule has 1 aromatic rings. The minimum Gasteiger partial charge on any atom is -0.311 e. The van der Waals surface area contributed by atoms with Gasteiger partial charge in [0.1, 0.15) is 0 Å². The van der Waals surface area contributed by atoms with E-state index in [1.54, 1.807) is 0 Å². The molecule has 1 N–H and O–H groups in total. The van der Waals surface area contributed by atoms with Crippen molar-refractivity contribution in [3.63, 3.8) is 0 Å². The number of rotatable bonds is 4. The molecule has 0 amide bonds. The van der Waals surface area contributed by atoms with Crippen molar-refractivity contribution in [3.8, 4) is 0 Å². The number of benzene rings is 1. The molecule has 0 saturated carbocycles. The number of alkyl halides is 3. The Labute approximate surface area is 124 Å². The van der Waals surface area contributed by atoms with Gasteiger partial charge in [-0.1, -0.05) is 38.5 Å². The third-order valence-corrected chi connectivity index (χ3v) is 4.18. The number of nitrogens with one attached hydrogen (secondary N) is 1. The average molecular weight is 299 g/mol. The summed E-state index contributed by atoms with van der Waals surface area (Å²) in [6.07, 6.45) is 0.766. The van der Waals surface area contributed by atoms with Gasteiger partial charge in [0.05, 0.1) is 5.56 Å². The summed E-state index contributed by atoms with van der Waals surface area (Å²) in [6.45, 7) is 5.31. The second kappa shape index (κ2) is 6.39. The SMILES string of the molecule is CC(C)CC1(Cc2cccc(C(F)(F)F)c2)CCCCN1. The summed E-state index contributed by atoms with van der Waals surface area (Å²) in [5, 5.41) is 3.59. The molecule has 1 aromatic carbocycles. The Balaban J connectivity index is 2.20. The van der Waals surface area contributed by atoms with E-state index in [2.05, 4.69) is 19.2 Å². The first-order valence-corrected chi connectivity index (χ1v) is 7.72. The number of hydrogen-bond donors (Lipinski definition) is 1. The highest BCUT2D eigenvalue weighted by Crippen LogP contribution is 2.33. The van der Waals surface area contributed by atoms with Crippen molar-refractivity contribution in [1.82, 2.24) is 5.32 Å². The molecule has 0 spiro atoms. The van der Waals surface area contributed by atoms with E-state index in [9.17, 15) is 13.2 Å². The Hall–Kier alpha value is -1.03. The van der Waals surface area contributed by atoms with Gasteiger partial charge < -0.3 is 5.32 Å². The monoisotopic (exact) mass is 299 g/mol. The Morgan fingerprint density at radius 3 is 2.57 bits per heavy atom. The molecule has 1 saturated heterocycles. The molecule has 0 aliphatic carbocycles. The average Bonchev–Trinajstić information content (AvgIpc) is 2.38. The molecule has 1 atom stereocenters. The molecule has 1 nitrogen and oxygen atoms in total. The normalized spacial score (nSPS) is 23.5. The zero-order valence-electron chi connectivity index (χ0n) is 12.8. The van der Waals surface area contributed by atoms with Gasteiger partial charge in [0, 0.05) is 5.54 Å². The topological polar surface area (TPSA) is 12.0 Å². The van der Waals surface area contributed by atoms with E-state index in [-0.39, 0.29) is 5.54 Å². The quantitative estimate of drug-likeness (QED) is 0.841. The predicted molar refractivity (Wildman–Crippen MR) is 79.2 cm³/mol. The van der Waals surface area contributed by atoms with E-state index in [4.69, 9.17) is 0 Å². The van der Waals surface area contributed by atoms with E-state index < -0.39 is 11.7 Å². The lowest BCUT2D eigenvalue weighted by atomic mass is 9.77. The molecular formula is C17H24F3N. The van der Waals surface area contributed by atoms with Gasteiger partial charge >= 0.3 is 6.18 Å². The van der Waals surface area contributed by atoms with Crippen LogP contribution >= 0.6 is 0 Å². The van der Waals surface area contributed by atoms with Crippen molar-refractivity contribution in [1.29, 1.82) is 0 Å². The fraction of sp³-hybridized carbons (Fsp3) is 0.647. The van der Waals surface area contributed by atoms with Gasteiger partial charge in [-0.2, -0.15) is 13.2 Å². The number of piperidine rings is 1. The molecule has 21 heavy (non-hydrogen) atoms. The van der Waals surface area contributed by atoms with Crippen molar-refractivity contribution in [2.45, 2.75) is 57.7 Å². The van der Waals surface area contributed by atoms with Gasteiger partial charge in [0.15, 0.2) is 0 Å². The number of halogens is 3. The molecule has 1 aliphatic heterocycles. The molecule has 1 heterocycles. The van der Waals surface area contributed by atoms with E-state index in [1.165, 1.54) is 12.1 Å². The lowest BCUT2D eigenvalue weighted by Crippen LogP contribution is -2.51. The van der Waals surface area contributed by atoms with Crippen LogP contribution in [0.1, 0.15) is 50.7 Å². The van der Waals surface area contributed by atoms with Gasteiger partial charge in [-0.25, -0.2) is 0 Å². The lowest BCUT2D eigenvalue weighted by Gasteiger charge is -2.40. The Morgan fingerprint density at radius 1 is 1.24 bits per heavy atom. The van der Waals surface area contributed by atoms with Gasteiger partial charge in [-0.3, -0.25) is 0 Å². The summed E-state index contributed by atoms with van der Waals surface area (Å²) < 4.78 is 38.5. The molecule has 118 valence electrons. The van der Waals surface area contributed by atoms with Crippen LogP contribution in [-0.2, 0) is 12.6 Å². The first kappa shape index (κ1) is 16.3. The van der Waals surface area contributed by atoms with Crippen LogP contribution in [0.4, 0.5) is 13.2 Å². The minimum atomic E-state index is -4.26. The maximum atomic E-state index is 12.8. The van der Waals surface area contributed by atoms with Crippen LogP contribution in [0.15, 0.2) is 24.3 Å². The highest BCUT2D eigenvalue weighted by Gasteiger charge is 2.34. The molecule has 2 rings (SSSR count). The first-order chi connectivity index (χ1) is 9.81. The van der Waals surface area contributed by atoms with E-state index in [0.29, 0.717) is 12.3 Å². The molecular weight excluding hydrogens is 275 g/mol. The molecule has 0 aromatic heterocycles. The summed E-state index contributed by atoms with van der Waals surface area (Å²) in [4.78, 5) is 0.